The number of fused-ring (bicyclic) bond motifs is 1. The van der Waals surface area contributed by atoms with E-state index < -0.39 is 12.5 Å². The second-order valence-corrected chi connectivity index (χ2v) is 6.08. The number of thiazole rings is 1. The minimum atomic E-state index is -2.93. The number of benzene rings is 2. The monoisotopic (exact) mass is 376 g/mol. The molecule has 2 aromatic carbocycles. The summed E-state index contributed by atoms with van der Waals surface area (Å²) in [6, 6.07) is 13.8. The molecule has 1 aromatic heterocycles. The minimum Gasteiger partial charge on any atom is -0.434 e. The molecule has 0 radical (unpaired) electrons. The summed E-state index contributed by atoms with van der Waals surface area (Å²) in [6.45, 7) is -2.95. The van der Waals surface area contributed by atoms with E-state index in [0.29, 0.717) is 10.7 Å². The van der Waals surface area contributed by atoms with E-state index in [1.54, 1.807) is 18.2 Å². The van der Waals surface area contributed by atoms with Crippen molar-refractivity contribution in [1.29, 1.82) is 0 Å². The number of ether oxygens (including phenoxy) is 1. The van der Waals surface area contributed by atoms with Crippen molar-refractivity contribution in [2.24, 2.45) is 5.10 Å². The highest BCUT2D eigenvalue weighted by Crippen LogP contribution is 2.25. The lowest BCUT2D eigenvalue weighted by Gasteiger charge is -2.07. The lowest BCUT2D eigenvalue weighted by atomic mass is 10.2. The molecule has 0 aliphatic rings. The SMILES string of the molecule is O=C(CNc1nc2ccccc2s1)N/N=C\c1ccccc1OC(F)F. The third-order valence-corrected chi connectivity index (χ3v) is 4.22. The number of anilines is 1. The van der Waals surface area contributed by atoms with Crippen molar-refractivity contribution in [1.82, 2.24) is 10.4 Å². The zero-order valence-corrected chi connectivity index (χ0v) is 14.2. The summed E-state index contributed by atoms with van der Waals surface area (Å²) in [5.41, 5.74) is 3.50. The lowest BCUT2D eigenvalue weighted by Crippen LogP contribution is -2.25. The van der Waals surface area contributed by atoms with E-state index in [1.807, 2.05) is 24.3 Å². The zero-order valence-electron chi connectivity index (χ0n) is 13.4. The Morgan fingerprint density at radius 1 is 1.23 bits per heavy atom. The van der Waals surface area contributed by atoms with Crippen molar-refractivity contribution in [2.45, 2.75) is 6.61 Å². The molecule has 0 saturated heterocycles. The van der Waals surface area contributed by atoms with Crippen LogP contribution in [-0.4, -0.2) is 30.3 Å². The molecular formula is C17H14F2N4O2S. The van der Waals surface area contributed by atoms with Crippen molar-refractivity contribution < 1.29 is 18.3 Å². The number of hydrogen-bond donors (Lipinski definition) is 2. The Labute approximate surface area is 151 Å². The van der Waals surface area contributed by atoms with Gasteiger partial charge < -0.3 is 10.1 Å². The molecule has 6 nitrogen and oxygen atoms in total. The van der Waals surface area contributed by atoms with E-state index in [-0.39, 0.29) is 12.3 Å². The van der Waals surface area contributed by atoms with E-state index in [9.17, 15) is 13.6 Å². The van der Waals surface area contributed by atoms with Gasteiger partial charge in [-0.1, -0.05) is 35.6 Å². The Hall–Kier alpha value is -3.07. The summed E-state index contributed by atoms with van der Waals surface area (Å²) in [5, 5.41) is 7.30. The molecule has 3 aromatic rings. The third-order valence-electron chi connectivity index (χ3n) is 3.22. The van der Waals surface area contributed by atoms with Crippen molar-refractivity contribution in [2.75, 3.05) is 11.9 Å². The Morgan fingerprint density at radius 3 is 2.81 bits per heavy atom. The molecule has 0 saturated carbocycles. The van der Waals surface area contributed by atoms with Gasteiger partial charge in [-0.3, -0.25) is 4.79 Å². The Bertz CT molecular complexity index is 897. The van der Waals surface area contributed by atoms with Gasteiger partial charge in [0.05, 0.1) is 23.0 Å². The first-order valence-corrected chi connectivity index (χ1v) is 8.38. The van der Waals surface area contributed by atoms with E-state index in [1.165, 1.54) is 23.6 Å². The highest BCUT2D eigenvalue weighted by Gasteiger charge is 2.08. The van der Waals surface area contributed by atoms with Crippen LogP contribution in [0.25, 0.3) is 10.2 Å². The van der Waals surface area contributed by atoms with Gasteiger partial charge in [-0.2, -0.15) is 13.9 Å². The van der Waals surface area contributed by atoms with E-state index in [4.69, 9.17) is 0 Å². The number of hydrazone groups is 1. The van der Waals surface area contributed by atoms with Crippen LogP contribution < -0.4 is 15.5 Å². The molecule has 26 heavy (non-hydrogen) atoms. The first kappa shape index (κ1) is 17.7. The van der Waals surface area contributed by atoms with Gasteiger partial charge in [0.15, 0.2) is 5.13 Å². The number of rotatable bonds is 7. The molecular weight excluding hydrogens is 362 g/mol. The maximum Gasteiger partial charge on any atom is 0.387 e. The van der Waals surface area contributed by atoms with Gasteiger partial charge in [0.2, 0.25) is 0 Å². The number of aromatic nitrogens is 1. The van der Waals surface area contributed by atoms with Crippen LogP contribution in [0.4, 0.5) is 13.9 Å². The molecule has 0 unspecified atom stereocenters. The number of amides is 1. The number of carbonyl (C=O) groups is 1. The quantitative estimate of drug-likeness (QED) is 0.489. The van der Waals surface area contributed by atoms with Gasteiger partial charge in [-0.25, -0.2) is 10.4 Å². The molecule has 1 amide bonds. The predicted octanol–water partition coefficient (Wildman–Crippen LogP) is 3.46. The molecule has 0 spiro atoms. The molecule has 0 aliphatic carbocycles. The average Bonchev–Trinajstić information content (AvgIpc) is 3.04. The molecule has 2 N–H and O–H groups in total. The maximum atomic E-state index is 12.3. The minimum absolute atomic E-state index is 0.0203. The summed E-state index contributed by atoms with van der Waals surface area (Å²) in [4.78, 5) is 16.2. The normalized spacial score (nSPS) is 11.2. The van der Waals surface area contributed by atoms with Crippen LogP contribution in [0.2, 0.25) is 0 Å². The number of halogens is 2. The fourth-order valence-corrected chi connectivity index (χ4v) is 2.97. The standard InChI is InChI=1S/C17H14F2N4O2S/c18-16(19)25-13-7-3-1-5-11(13)9-21-23-15(24)10-20-17-22-12-6-2-4-8-14(12)26-17/h1-9,16H,10H2,(H,20,22)(H,23,24)/b21-9-. The molecule has 3 rings (SSSR count). The number of carbonyl (C=O) groups excluding carboxylic acids is 1. The highest BCUT2D eigenvalue weighted by molar-refractivity contribution is 7.22. The van der Waals surface area contributed by atoms with Crippen LogP contribution in [0.15, 0.2) is 53.6 Å². The van der Waals surface area contributed by atoms with Crippen molar-refractivity contribution in [3.05, 3.63) is 54.1 Å². The van der Waals surface area contributed by atoms with Gasteiger partial charge in [-0.15, -0.1) is 0 Å². The van der Waals surface area contributed by atoms with Crippen molar-refractivity contribution >= 4 is 38.8 Å². The van der Waals surface area contributed by atoms with Crippen LogP contribution >= 0.6 is 11.3 Å². The van der Waals surface area contributed by atoms with Gasteiger partial charge >= 0.3 is 6.61 Å². The number of hydrogen-bond acceptors (Lipinski definition) is 6. The molecule has 134 valence electrons. The van der Waals surface area contributed by atoms with Gasteiger partial charge in [0.1, 0.15) is 5.75 Å². The summed E-state index contributed by atoms with van der Waals surface area (Å²) >= 11 is 1.44. The summed E-state index contributed by atoms with van der Waals surface area (Å²) in [6.07, 6.45) is 1.24. The van der Waals surface area contributed by atoms with E-state index >= 15 is 0 Å². The number of nitrogens with zero attached hydrogens (tertiary/aromatic N) is 2. The second kappa shape index (κ2) is 8.34. The molecule has 0 bridgehead atoms. The lowest BCUT2D eigenvalue weighted by molar-refractivity contribution is -0.119. The number of para-hydroxylation sites is 2. The molecule has 0 atom stereocenters. The van der Waals surface area contributed by atoms with Crippen molar-refractivity contribution in [3.63, 3.8) is 0 Å². The highest BCUT2D eigenvalue weighted by atomic mass is 32.1. The van der Waals surface area contributed by atoms with Crippen LogP contribution in [0.5, 0.6) is 5.75 Å². The largest absolute Gasteiger partial charge is 0.434 e. The topological polar surface area (TPSA) is 75.6 Å². The second-order valence-electron chi connectivity index (χ2n) is 5.05. The first-order valence-electron chi connectivity index (χ1n) is 7.57. The average molecular weight is 376 g/mol. The maximum absolute atomic E-state index is 12.3. The number of nitrogens with one attached hydrogen (secondary N) is 2. The zero-order chi connectivity index (χ0) is 18.4. The molecule has 9 heteroatoms. The number of alkyl halides is 2. The first-order chi connectivity index (χ1) is 12.6. The van der Waals surface area contributed by atoms with E-state index in [0.717, 1.165) is 10.2 Å². The van der Waals surface area contributed by atoms with Gasteiger partial charge in [0, 0.05) is 5.56 Å². The molecule has 0 aliphatic heterocycles. The summed E-state index contributed by atoms with van der Waals surface area (Å²) < 4.78 is 30.1. The summed E-state index contributed by atoms with van der Waals surface area (Å²) in [5.74, 6) is -0.416. The van der Waals surface area contributed by atoms with Crippen LogP contribution in [0, 0.1) is 0 Å². The molecule has 0 fully saturated rings. The predicted molar refractivity (Wildman–Crippen MR) is 96.9 cm³/mol. The fraction of sp³-hybridized carbons (Fsp3) is 0.118. The Morgan fingerprint density at radius 2 is 2.00 bits per heavy atom. The fourth-order valence-electron chi connectivity index (χ4n) is 2.11. The third kappa shape index (κ3) is 4.73. The van der Waals surface area contributed by atoms with E-state index in [2.05, 4.69) is 25.6 Å². The smallest absolute Gasteiger partial charge is 0.387 e. The van der Waals surface area contributed by atoms with Crippen LogP contribution in [0.1, 0.15) is 5.56 Å². The Balaban J connectivity index is 1.53. The van der Waals surface area contributed by atoms with Crippen LogP contribution in [-0.2, 0) is 4.79 Å². The van der Waals surface area contributed by atoms with Crippen molar-refractivity contribution in [3.8, 4) is 5.75 Å². The van der Waals surface area contributed by atoms with Gasteiger partial charge in [-0.05, 0) is 24.3 Å². The van der Waals surface area contributed by atoms with Gasteiger partial charge in [0.25, 0.3) is 5.91 Å². The molecule has 1 heterocycles. The Kier molecular flexibility index (Phi) is 5.69. The summed E-state index contributed by atoms with van der Waals surface area (Å²) in [7, 11) is 0. The van der Waals surface area contributed by atoms with Crippen LogP contribution in [0.3, 0.4) is 0 Å².